The predicted molar refractivity (Wildman–Crippen MR) is 48.9 cm³/mol. The molecule has 1 aromatic carbocycles. The van der Waals surface area contributed by atoms with Gasteiger partial charge in [-0.3, -0.25) is 0 Å². The lowest BCUT2D eigenvalue weighted by molar-refractivity contribution is 0.364. The minimum Gasteiger partial charge on any atom is -0.479 e. The highest BCUT2D eigenvalue weighted by Gasteiger charge is 2.00. The lowest BCUT2D eigenvalue weighted by Crippen LogP contribution is -1.96. The highest BCUT2D eigenvalue weighted by molar-refractivity contribution is 5.72. The number of hydrogen-bond donors (Lipinski definition) is 0. The third-order valence-electron chi connectivity index (χ3n) is 1.71. The highest BCUT2D eigenvalue weighted by Crippen LogP contribution is 2.16. The van der Waals surface area contributed by atoms with Crippen LogP contribution in [-0.2, 0) is 4.74 Å². The van der Waals surface area contributed by atoms with E-state index in [1.54, 1.807) is 0 Å². The van der Waals surface area contributed by atoms with Crippen molar-refractivity contribution in [2.75, 3.05) is 6.61 Å². The van der Waals surface area contributed by atoms with E-state index in [1.807, 2.05) is 36.4 Å². The Kier molecular flexibility index (Phi) is 1.90. The van der Waals surface area contributed by atoms with Crippen molar-refractivity contribution in [2.24, 2.45) is 4.99 Å². The van der Waals surface area contributed by atoms with E-state index in [-0.39, 0.29) is 0 Å². The van der Waals surface area contributed by atoms with Gasteiger partial charge in [0.2, 0.25) is 0 Å². The third kappa shape index (κ3) is 1.37. The first-order valence-corrected chi connectivity index (χ1v) is 3.86. The molecule has 60 valence electrons. The molecule has 0 spiro atoms. The van der Waals surface area contributed by atoms with E-state index in [0.717, 1.165) is 11.3 Å². The molecule has 0 radical (unpaired) electrons. The van der Waals surface area contributed by atoms with Crippen LogP contribution in [0.25, 0.3) is 5.70 Å². The van der Waals surface area contributed by atoms with Gasteiger partial charge in [-0.15, -0.1) is 0 Å². The zero-order chi connectivity index (χ0) is 8.23. The molecule has 0 saturated carbocycles. The number of benzene rings is 1. The van der Waals surface area contributed by atoms with Crippen LogP contribution in [0.15, 0.2) is 41.4 Å². The second-order valence-electron chi connectivity index (χ2n) is 2.52. The van der Waals surface area contributed by atoms with Crippen molar-refractivity contribution in [3.8, 4) is 0 Å². The Labute approximate surface area is 71.2 Å². The number of nitrogens with zero attached hydrogens (tertiary/aromatic N) is 1. The number of aliphatic imine (C=N–C) groups is 1. The van der Waals surface area contributed by atoms with Crippen LogP contribution in [0.3, 0.4) is 0 Å². The van der Waals surface area contributed by atoms with Crippen molar-refractivity contribution in [3.05, 3.63) is 42.0 Å². The van der Waals surface area contributed by atoms with Crippen LogP contribution in [0.1, 0.15) is 5.56 Å². The molecule has 2 heteroatoms. The second kappa shape index (κ2) is 3.22. The normalized spacial score (nSPS) is 15.2. The molecule has 12 heavy (non-hydrogen) atoms. The third-order valence-corrected chi connectivity index (χ3v) is 1.71. The Morgan fingerprint density at radius 1 is 1.17 bits per heavy atom. The van der Waals surface area contributed by atoms with E-state index in [0.29, 0.717) is 6.61 Å². The summed E-state index contributed by atoms with van der Waals surface area (Å²) >= 11 is 0. The molecular weight excluding hydrogens is 150 g/mol. The van der Waals surface area contributed by atoms with Crippen LogP contribution in [0.5, 0.6) is 0 Å². The molecule has 2 nitrogen and oxygen atoms in total. The fourth-order valence-corrected chi connectivity index (χ4v) is 1.12. The van der Waals surface area contributed by atoms with E-state index >= 15 is 0 Å². The molecule has 0 unspecified atom stereocenters. The van der Waals surface area contributed by atoms with Gasteiger partial charge in [0.05, 0.1) is 5.70 Å². The summed E-state index contributed by atoms with van der Waals surface area (Å²) in [6.45, 7) is 0.619. The summed E-state index contributed by atoms with van der Waals surface area (Å²) in [6, 6.07) is 10.1. The Balaban J connectivity index is 2.31. The SMILES string of the molecule is C1=NC(c2ccccc2)=CCO1. The lowest BCUT2D eigenvalue weighted by Gasteiger charge is -2.06. The molecule has 1 aromatic rings. The zero-order valence-electron chi connectivity index (χ0n) is 6.60. The largest absolute Gasteiger partial charge is 0.479 e. The maximum Gasteiger partial charge on any atom is 0.174 e. The first kappa shape index (κ1) is 7.10. The van der Waals surface area contributed by atoms with Gasteiger partial charge in [-0.25, -0.2) is 4.99 Å². The molecule has 2 rings (SSSR count). The van der Waals surface area contributed by atoms with E-state index in [1.165, 1.54) is 6.40 Å². The quantitative estimate of drug-likeness (QED) is 0.614. The summed E-state index contributed by atoms with van der Waals surface area (Å²) in [7, 11) is 0. The van der Waals surface area contributed by atoms with Crippen LogP contribution in [0.4, 0.5) is 0 Å². The van der Waals surface area contributed by atoms with Crippen LogP contribution in [-0.4, -0.2) is 13.0 Å². The molecule has 0 bridgehead atoms. The molecule has 0 amide bonds. The Hall–Kier alpha value is -1.57. The maximum atomic E-state index is 4.95. The molecule has 0 aromatic heterocycles. The van der Waals surface area contributed by atoms with E-state index in [9.17, 15) is 0 Å². The van der Waals surface area contributed by atoms with Crippen LogP contribution in [0, 0.1) is 0 Å². The Morgan fingerprint density at radius 3 is 2.67 bits per heavy atom. The summed E-state index contributed by atoms with van der Waals surface area (Å²) in [5.41, 5.74) is 2.12. The van der Waals surface area contributed by atoms with Gasteiger partial charge in [-0.05, 0) is 6.08 Å². The van der Waals surface area contributed by atoms with Gasteiger partial charge in [-0.2, -0.15) is 0 Å². The average Bonchev–Trinajstić information content (AvgIpc) is 2.21. The summed E-state index contributed by atoms with van der Waals surface area (Å²) in [5.74, 6) is 0. The van der Waals surface area contributed by atoms with Gasteiger partial charge in [-0.1, -0.05) is 30.3 Å². The van der Waals surface area contributed by atoms with E-state index in [4.69, 9.17) is 4.74 Å². The van der Waals surface area contributed by atoms with Gasteiger partial charge >= 0.3 is 0 Å². The standard InChI is InChI=1S/C10H9NO/c1-2-4-9(5-3-1)10-6-7-12-8-11-10/h1-6,8H,7H2. The van der Waals surface area contributed by atoms with Crippen molar-refractivity contribution in [1.82, 2.24) is 0 Å². The smallest absolute Gasteiger partial charge is 0.174 e. The first-order valence-electron chi connectivity index (χ1n) is 3.86. The minimum atomic E-state index is 0.619. The van der Waals surface area contributed by atoms with Crippen LogP contribution in [0.2, 0.25) is 0 Å². The molecule has 0 saturated heterocycles. The second-order valence-corrected chi connectivity index (χ2v) is 2.52. The van der Waals surface area contributed by atoms with Crippen molar-refractivity contribution in [1.29, 1.82) is 0 Å². The summed E-state index contributed by atoms with van der Waals surface area (Å²) < 4.78 is 4.95. The van der Waals surface area contributed by atoms with Gasteiger partial charge in [0, 0.05) is 5.56 Å². The molecule has 0 atom stereocenters. The Bertz CT molecular complexity index is 314. The topological polar surface area (TPSA) is 21.6 Å². The van der Waals surface area contributed by atoms with E-state index < -0.39 is 0 Å². The van der Waals surface area contributed by atoms with Gasteiger partial charge < -0.3 is 4.74 Å². The van der Waals surface area contributed by atoms with Gasteiger partial charge in [0.1, 0.15) is 6.61 Å². The Morgan fingerprint density at radius 2 is 2.00 bits per heavy atom. The first-order chi connectivity index (χ1) is 5.97. The number of hydrogen-bond acceptors (Lipinski definition) is 2. The molecule has 1 aliphatic heterocycles. The summed E-state index contributed by atoms with van der Waals surface area (Å²) in [4.78, 5) is 4.11. The van der Waals surface area contributed by atoms with Crippen molar-refractivity contribution < 1.29 is 4.74 Å². The average molecular weight is 159 g/mol. The van der Waals surface area contributed by atoms with E-state index in [2.05, 4.69) is 4.99 Å². The monoisotopic (exact) mass is 159 g/mol. The van der Waals surface area contributed by atoms with Gasteiger partial charge in [0.15, 0.2) is 6.40 Å². The molecule has 1 aliphatic rings. The summed E-state index contributed by atoms with van der Waals surface area (Å²) in [6.07, 6.45) is 3.46. The summed E-state index contributed by atoms with van der Waals surface area (Å²) in [5, 5.41) is 0. The fourth-order valence-electron chi connectivity index (χ4n) is 1.12. The lowest BCUT2D eigenvalue weighted by atomic mass is 10.1. The van der Waals surface area contributed by atoms with Gasteiger partial charge in [0.25, 0.3) is 0 Å². The molecule has 0 N–H and O–H groups in total. The minimum absolute atomic E-state index is 0.619. The molecular formula is C10H9NO. The van der Waals surface area contributed by atoms with Crippen LogP contribution >= 0.6 is 0 Å². The maximum absolute atomic E-state index is 4.95. The number of ether oxygens (including phenoxy) is 1. The predicted octanol–water partition coefficient (Wildman–Crippen LogP) is 2.09. The van der Waals surface area contributed by atoms with Crippen molar-refractivity contribution in [3.63, 3.8) is 0 Å². The molecule has 0 fully saturated rings. The zero-order valence-corrected chi connectivity index (χ0v) is 6.60. The molecule has 1 heterocycles. The molecule has 0 aliphatic carbocycles. The van der Waals surface area contributed by atoms with Crippen LogP contribution < -0.4 is 0 Å². The fraction of sp³-hybridized carbons (Fsp3) is 0.100. The van der Waals surface area contributed by atoms with Crippen molar-refractivity contribution in [2.45, 2.75) is 0 Å². The number of rotatable bonds is 1. The highest BCUT2D eigenvalue weighted by atomic mass is 16.5. The van der Waals surface area contributed by atoms with Crippen molar-refractivity contribution >= 4 is 12.1 Å².